The van der Waals surface area contributed by atoms with Gasteiger partial charge in [0.2, 0.25) is 0 Å². The SMILES string of the molecule is CNC(=O)c1c(-c2cccc(N3CCN(c4ccc(NSc5ccc(NCCSc6ccccc6)c([N+](=O)[O-])c5)cc4)CC3)c2)c(-c2ccc(F)cc2)n(C)c1C. The third kappa shape index (κ3) is 9.05. The highest BCUT2D eigenvalue weighted by atomic mass is 32.2. The predicted octanol–water partition coefficient (Wildman–Crippen LogP) is 9.72. The molecule has 0 atom stereocenters. The molecule has 0 radical (unpaired) electrons. The number of hydrogen-bond acceptors (Lipinski definition) is 9. The second-order valence-corrected chi connectivity index (χ2v) is 15.7. The summed E-state index contributed by atoms with van der Waals surface area (Å²) in [5.41, 5.74) is 8.53. The number of benzene rings is 5. The molecule has 1 saturated heterocycles. The van der Waals surface area contributed by atoms with Crippen LogP contribution in [0.25, 0.3) is 22.4 Å². The Hall–Kier alpha value is -5.92. The molecule has 0 spiro atoms. The Kier molecular flexibility index (Phi) is 12.4. The molecule has 0 unspecified atom stereocenters. The number of nitro groups is 1. The van der Waals surface area contributed by atoms with E-state index in [0.717, 1.165) is 82.0 Å². The van der Waals surface area contributed by atoms with Gasteiger partial charge in [0.1, 0.15) is 11.5 Å². The highest BCUT2D eigenvalue weighted by molar-refractivity contribution is 8.00. The first-order chi connectivity index (χ1) is 27.7. The molecule has 2 heterocycles. The molecule has 1 amide bonds. The van der Waals surface area contributed by atoms with Crippen LogP contribution in [0.4, 0.5) is 32.8 Å². The van der Waals surface area contributed by atoms with Crippen molar-refractivity contribution < 1.29 is 14.1 Å². The standard InChI is InChI=1S/C44H44FN7O3S2/c1-30-41(44(53)46-2)42(43(49(30)3)31-12-14-33(45)15-13-31)32-8-7-9-36(28-32)51-25-23-50(24-26-51)35-18-16-34(17-19-35)48-57-38-20-21-39(40(29-38)52(54)55)47-22-27-56-37-10-5-4-6-11-37/h4-21,28-29,47-48H,22-27H2,1-3H3,(H,46,53). The van der Waals surface area contributed by atoms with Crippen LogP contribution in [-0.2, 0) is 7.05 Å². The van der Waals surface area contributed by atoms with Gasteiger partial charge in [-0.3, -0.25) is 14.9 Å². The van der Waals surface area contributed by atoms with Crippen molar-refractivity contribution in [2.45, 2.75) is 16.7 Å². The van der Waals surface area contributed by atoms with Crippen molar-refractivity contribution in [2.24, 2.45) is 7.05 Å². The van der Waals surface area contributed by atoms with E-state index in [1.165, 1.54) is 29.0 Å². The molecule has 6 aromatic rings. The van der Waals surface area contributed by atoms with Crippen molar-refractivity contribution in [1.29, 1.82) is 0 Å². The van der Waals surface area contributed by atoms with Gasteiger partial charge in [-0.1, -0.05) is 30.3 Å². The lowest BCUT2D eigenvalue weighted by molar-refractivity contribution is -0.384. The monoisotopic (exact) mass is 801 g/mol. The van der Waals surface area contributed by atoms with Crippen LogP contribution in [0, 0.1) is 22.9 Å². The smallest absolute Gasteiger partial charge is 0.293 e. The van der Waals surface area contributed by atoms with Crippen LogP contribution in [0.15, 0.2) is 131 Å². The maximum Gasteiger partial charge on any atom is 0.293 e. The minimum Gasteiger partial charge on any atom is -0.379 e. The Morgan fingerprint density at radius 3 is 2.19 bits per heavy atom. The third-order valence-corrected chi connectivity index (χ3v) is 12.0. The first kappa shape index (κ1) is 39.3. The van der Waals surface area contributed by atoms with E-state index in [1.807, 2.05) is 67.1 Å². The van der Waals surface area contributed by atoms with Crippen molar-refractivity contribution in [2.75, 3.05) is 65.4 Å². The molecular weight excluding hydrogens is 758 g/mol. The maximum absolute atomic E-state index is 13.9. The molecule has 1 aliphatic heterocycles. The number of nitro benzene ring substituents is 1. The van der Waals surface area contributed by atoms with E-state index in [-0.39, 0.29) is 22.3 Å². The molecule has 0 bridgehead atoms. The molecule has 0 saturated carbocycles. The number of rotatable bonds is 14. The van der Waals surface area contributed by atoms with Crippen LogP contribution in [0.5, 0.6) is 0 Å². The van der Waals surface area contributed by atoms with Gasteiger partial charge >= 0.3 is 0 Å². The maximum atomic E-state index is 13.9. The summed E-state index contributed by atoms with van der Waals surface area (Å²) in [6.07, 6.45) is 0. The molecular formula is C44H44FN7O3S2. The van der Waals surface area contributed by atoms with E-state index < -0.39 is 0 Å². The quantitative estimate of drug-likeness (QED) is 0.0326. The van der Waals surface area contributed by atoms with Gasteiger partial charge in [0.25, 0.3) is 11.6 Å². The zero-order chi connectivity index (χ0) is 39.9. The fourth-order valence-electron chi connectivity index (χ4n) is 7.12. The van der Waals surface area contributed by atoms with Crippen LogP contribution < -0.4 is 25.2 Å². The molecule has 1 fully saturated rings. The number of piperazine rings is 1. The summed E-state index contributed by atoms with van der Waals surface area (Å²) in [6.45, 7) is 5.83. The summed E-state index contributed by atoms with van der Waals surface area (Å²) in [5.74, 6) is 0.314. The van der Waals surface area contributed by atoms with E-state index in [9.17, 15) is 19.3 Å². The number of hydrogen-bond donors (Lipinski definition) is 3. The number of carbonyl (C=O) groups is 1. The lowest BCUT2D eigenvalue weighted by Crippen LogP contribution is -2.46. The topological polar surface area (TPSA) is 108 Å². The van der Waals surface area contributed by atoms with Gasteiger partial charge in [-0.05, 0) is 115 Å². The van der Waals surface area contributed by atoms with Gasteiger partial charge in [0, 0.05) is 96.7 Å². The molecule has 7 rings (SSSR count). The summed E-state index contributed by atoms with van der Waals surface area (Å²) >= 11 is 3.04. The Labute approximate surface area is 340 Å². The van der Waals surface area contributed by atoms with Crippen LogP contribution in [-0.4, -0.2) is 60.9 Å². The summed E-state index contributed by atoms with van der Waals surface area (Å²) in [6, 6.07) is 38.3. The molecule has 5 aromatic carbocycles. The highest BCUT2D eigenvalue weighted by Gasteiger charge is 2.26. The number of amides is 1. The molecule has 1 aliphatic rings. The van der Waals surface area contributed by atoms with E-state index in [0.29, 0.717) is 17.8 Å². The van der Waals surface area contributed by atoms with Crippen LogP contribution in [0.1, 0.15) is 16.1 Å². The van der Waals surface area contributed by atoms with Crippen molar-refractivity contribution in [3.63, 3.8) is 0 Å². The summed E-state index contributed by atoms with van der Waals surface area (Å²) in [4.78, 5) is 31.4. The van der Waals surface area contributed by atoms with Gasteiger partial charge in [-0.15, -0.1) is 11.8 Å². The largest absolute Gasteiger partial charge is 0.379 e. The molecule has 3 N–H and O–H groups in total. The lowest BCUT2D eigenvalue weighted by Gasteiger charge is -2.37. The van der Waals surface area contributed by atoms with Gasteiger partial charge in [0.05, 0.1) is 16.2 Å². The number of anilines is 4. The predicted molar refractivity (Wildman–Crippen MR) is 233 cm³/mol. The van der Waals surface area contributed by atoms with E-state index in [1.54, 1.807) is 43.1 Å². The lowest BCUT2D eigenvalue weighted by atomic mass is 9.96. The molecule has 292 valence electrons. The van der Waals surface area contributed by atoms with Crippen molar-refractivity contribution >= 4 is 58.1 Å². The van der Waals surface area contributed by atoms with Gasteiger partial charge in [-0.2, -0.15) is 0 Å². The number of thioether (sulfide) groups is 1. The average molecular weight is 802 g/mol. The van der Waals surface area contributed by atoms with E-state index >= 15 is 0 Å². The third-order valence-electron chi connectivity index (χ3n) is 10.2. The Bertz CT molecular complexity index is 2350. The minimum atomic E-state index is -0.346. The molecule has 0 aliphatic carbocycles. The molecule has 57 heavy (non-hydrogen) atoms. The molecule has 1 aromatic heterocycles. The van der Waals surface area contributed by atoms with Crippen molar-refractivity contribution in [3.05, 3.63) is 149 Å². The first-order valence-corrected chi connectivity index (χ1v) is 20.5. The number of nitrogens with zero attached hydrogens (tertiary/aromatic N) is 4. The Morgan fingerprint density at radius 1 is 0.807 bits per heavy atom. The number of nitrogens with one attached hydrogen (secondary N) is 3. The minimum absolute atomic E-state index is 0.0475. The zero-order valence-electron chi connectivity index (χ0n) is 32.0. The van der Waals surface area contributed by atoms with Gasteiger partial charge in [0.15, 0.2) is 0 Å². The zero-order valence-corrected chi connectivity index (χ0v) is 33.6. The summed E-state index contributed by atoms with van der Waals surface area (Å²) in [5, 5.41) is 17.9. The van der Waals surface area contributed by atoms with Crippen molar-refractivity contribution in [3.8, 4) is 22.4 Å². The normalized spacial score (nSPS) is 12.7. The number of carbonyl (C=O) groups excluding carboxylic acids is 1. The van der Waals surface area contributed by atoms with Crippen molar-refractivity contribution in [1.82, 2.24) is 9.88 Å². The number of aromatic nitrogens is 1. The second-order valence-electron chi connectivity index (χ2n) is 13.6. The van der Waals surface area contributed by atoms with Crippen LogP contribution >= 0.6 is 23.7 Å². The van der Waals surface area contributed by atoms with Crippen LogP contribution in [0.2, 0.25) is 0 Å². The van der Waals surface area contributed by atoms with Gasteiger partial charge in [-0.25, -0.2) is 4.39 Å². The van der Waals surface area contributed by atoms with E-state index in [4.69, 9.17) is 0 Å². The Morgan fingerprint density at radius 2 is 1.51 bits per heavy atom. The number of halogens is 1. The molecule has 10 nitrogen and oxygen atoms in total. The van der Waals surface area contributed by atoms with Gasteiger partial charge < -0.3 is 29.7 Å². The summed E-state index contributed by atoms with van der Waals surface area (Å²) < 4.78 is 19.2. The Balaban J connectivity index is 0.969. The highest BCUT2D eigenvalue weighted by Crippen LogP contribution is 2.40. The molecule has 13 heteroatoms. The average Bonchev–Trinajstić information content (AvgIpc) is 3.51. The van der Waals surface area contributed by atoms with Crippen LogP contribution in [0.3, 0.4) is 0 Å². The summed E-state index contributed by atoms with van der Waals surface area (Å²) in [7, 11) is 3.58. The second kappa shape index (κ2) is 17.9. The first-order valence-electron chi connectivity index (χ1n) is 18.7. The fraction of sp³-hybridized carbons (Fsp3) is 0.205. The fourth-order valence-corrected chi connectivity index (χ4v) is 8.59. The van der Waals surface area contributed by atoms with E-state index in [2.05, 4.69) is 61.6 Å².